The summed E-state index contributed by atoms with van der Waals surface area (Å²) in [6.45, 7) is -0.899. The number of alkyl halides is 3. The fourth-order valence-corrected chi connectivity index (χ4v) is 5.16. The maximum Gasteiger partial charge on any atom is 0.409 e. The molecule has 0 radical (unpaired) electrons. The third-order valence-corrected chi connectivity index (χ3v) is 6.72. The second kappa shape index (κ2) is 8.10. The predicted octanol–water partition coefficient (Wildman–Crippen LogP) is 3.08. The van der Waals surface area contributed by atoms with Gasteiger partial charge in [-0.15, -0.1) is 0 Å². The first-order valence-corrected chi connectivity index (χ1v) is 11.1. The molecule has 2 heterocycles. The molecule has 1 fully saturated rings. The zero-order valence-corrected chi connectivity index (χ0v) is 18.4. The first-order valence-electron chi connectivity index (χ1n) is 11.1. The van der Waals surface area contributed by atoms with E-state index in [0.29, 0.717) is 28.2 Å². The average molecular weight is 486 g/mol. The Morgan fingerprint density at radius 3 is 2.54 bits per heavy atom. The quantitative estimate of drug-likeness (QED) is 0.638. The van der Waals surface area contributed by atoms with E-state index in [1.807, 2.05) is 12.1 Å². The van der Waals surface area contributed by atoms with Gasteiger partial charge in [0.2, 0.25) is 11.8 Å². The Balaban J connectivity index is 1.50. The van der Waals surface area contributed by atoms with E-state index in [0.717, 1.165) is 12.0 Å². The Kier molecular flexibility index (Phi) is 5.30. The van der Waals surface area contributed by atoms with Gasteiger partial charge in [0.1, 0.15) is 18.1 Å². The van der Waals surface area contributed by atoms with Crippen molar-refractivity contribution in [2.24, 2.45) is 0 Å². The topological polar surface area (TPSA) is 98.8 Å². The minimum atomic E-state index is -4.93. The maximum atomic E-state index is 14.0. The molecule has 182 valence electrons. The number of halogens is 3. The number of imide groups is 1. The number of anilines is 2. The highest BCUT2D eigenvalue weighted by molar-refractivity contribution is 6.12. The van der Waals surface area contributed by atoms with Gasteiger partial charge in [0.05, 0.1) is 17.8 Å². The molecule has 11 heteroatoms. The lowest BCUT2D eigenvalue weighted by atomic mass is 9.76. The highest BCUT2D eigenvalue weighted by atomic mass is 19.4. The van der Waals surface area contributed by atoms with Gasteiger partial charge in [0.15, 0.2) is 0 Å². The van der Waals surface area contributed by atoms with Crippen molar-refractivity contribution in [3.63, 3.8) is 0 Å². The van der Waals surface area contributed by atoms with Crippen LogP contribution in [-0.4, -0.2) is 47.4 Å². The first-order chi connectivity index (χ1) is 16.6. The van der Waals surface area contributed by atoms with Crippen molar-refractivity contribution in [1.82, 2.24) is 10.2 Å². The second-order valence-electron chi connectivity index (χ2n) is 8.83. The summed E-state index contributed by atoms with van der Waals surface area (Å²) in [4.78, 5) is 53.0. The molecule has 0 unspecified atom stereocenters. The van der Waals surface area contributed by atoms with Crippen molar-refractivity contribution >= 4 is 35.1 Å². The Morgan fingerprint density at radius 2 is 1.77 bits per heavy atom. The molecule has 35 heavy (non-hydrogen) atoms. The summed E-state index contributed by atoms with van der Waals surface area (Å²) in [6.07, 6.45) is -4.28. The lowest BCUT2D eigenvalue weighted by Gasteiger charge is -2.34. The van der Waals surface area contributed by atoms with Crippen LogP contribution in [-0.2, 0) is 26.3 Å². The van der Waals surface area contributed by atoms with Crippen LogP contribution in [0.25, 0.3) is 0 Å². The lowest BCUT2D eigenvalue weighted by molar-refractivity contribution is -0.158. The van der Waals surface area contributed by atoms with E-state index in [2.05, 4.69) is 10.6 Å². The molecule has 0 saturated carbocycles. The zero-order chi connectivity index (χ0) is 25.0. The third kappa shape index (κ3) is 3.71. The monoisotopic (exact) mass is 486 g/mol. The summed E-state index contributed by atoms with van der Waals surface area (Å²) in [6, 6.07) is 9.47. The van der Waals surface area contributed by atoms with Crippen molar-refractivity contribution in [2.75, 3.05) is 16.8 Å². The highest BCUT2D eigenvalue weighted by Gasteiger charge is 2.55. The number of benzene rings is 2. The van der Waals surface area contributed by atoms with Crippen LogP contribution in [0.1, 0.15) is 30.4 Å². The fourth-order valence-electron chi connectivity index (χ4n) is 5.16. The SMILES string of the molecule is O=C1C[C@H](C(F)(F)F)N(C(=O)CN2C(=O)N[C@]3(CCCc4ccccc43)C2=O)c2ccccc2N1. The molecule has 2 aliphatic heterocycles. The summed E-state index contributed by atoms with van der Waals surface area (Å²) in [5.74, 6) is -2.70. The molecule has 2 aromatic rings. The molecule has 1 spiro atoms. The van der Waals surface area contributed by atoms with Gasteiger partial charge in [-0.3, -0.25) is 24.2 Å². The Labute approximate surface area is 198 Å². The van der Waals surface area contributed by atoms with Gasteiger partial charge < -0.3 is 10.6 Å². The molecule has 2 atom stereocenters. The Morgan fingerprint density at radius 1 is 1.06 bits per heavy atom. The molecule has 0 bridgehead atoms. The van der Waals surface area contributed by atoms with E-state index in [1.54, 1.807) is 12.1 Å². The Hall–Kier alpha value is -3.89. The van der Waals surface area contributed by atoms with E-state index in [-0.39, 0.29) is 11.4 Å². The highest BCUT2D eigenvalue weighted by Crippen LogP contribution is 2.41. The number of rotatable bonds is 2. The summed E-state index contributed by atoms with van der Waals surface area (Å²) >= 11 is 0. The van der Waals surface area contributed by atoms with Crippen LogP contribution in [0.2, 0.25) is 0 Å². The van der Waals surface area contributed by atoms with E-state index in [4.69, 9.17) is 0 Å². The second-order valence-corrected chi connectivity index (χ2v) is 8.83. The van der Waals surface area contributed by atoms with Gasteiger partial charge in [-0.25, -0.2) is 4.79 Å². The summed E-state index contributed by atoms with van der Waals surface area (Å²) < 4.78 is 42.0. The van der Waals surface area contributed by atoms with Crippen LogP contribution in [0.4, 0.5) is 29.3 Å². The minimum Gasteiger partial charge on any atom is -0.324 e. The number of nitrogens with zero attached hydrogens (tertiary/aromatic N) is 2. The van der Waals surface area contributed by atoms with E-state index in [9.17, 15) is 32.3 Å². The molecule has 8 nitrogen and oxygen atoms in total. The van der Waals surface area contributed by atoms with Crippen LogP contribution in [0, 0.1) is 0 Å². The van der Waals surface area contributed by atoms with E-state index < -0.39 is 54.5 Å². The van der Waals surface area contributed by atoms with Gasteiger partial charge in [-0.05, 0) is 42.5 Å². The van der Waals surface area contributed by atoms with Crippen molar-refractivity contribution in [3.8, 4) is 0 Å². The van der Waals surface area contributed by atoms with Crippen molar-refractivity contribution in [3.05, 3.63) is 59.7 Å². The molecule has 2 N–H and O–H groups in total. The number of hydrogen-bond donors (Lipinski definition) is 2. The van der Waals surface area contributed by atoms with Crippen LogP contribution >= 0.6 is 0 Å². The van der Waals surface area contributed by atoms with Crippen molar-refractivity contribution in [1.29, 1.82) is 0 Å². The van der Waals surface area contributed by atoms with Crippen molar-refractivity contribution in [2.45, 2.75) is 43.4 Å². The summed E-state index contributed by atoms with van der Waals surface area (Å²) in [5.41, 5.74) is 0.0402. The maximum absolute atomic E-state index is 14.0. The number of urea groups is 1. The molecule has 2 aromatic carbocycles. The number of carbonyl (C=O) groups is 4. The number of fused-ring (bicyclic) bond motifs is 3. The smallest absolute Gasteiger partial charge is 0.324 e. The molecule has 1 aliphatic carbocycles. The molecule has 5 rings (SSSR count). The average Bonchev–Trinajstić information content (AvgIpc) is 2.94. The fraction of sp³-hybridized carbons (Fsp3) is 0.333. The first kappa shape index (κ1) is 22.9. The summed E-state index contributed by atoms with van der Waals surface area (Å²) in [7, 11) is 0. The summed E-state index contributed by atoms with van der Waals surface area (Å²) in [5, 5.41) is 5.08. The van der Waals surface area contributed by atoms with Crippen LogP contribution < -0.4 is 15.5 Å². The van der Waals surface area contributed by atoms with Crippen molar-refractivity contribution < 1.29 is 32.3 Å². The number of para-hydroxylation sites is 2. The third-order valence-electron chi connectivity index (χ3n) is 6.72. The Bertz CT molecular complexity index is 1250. The van der Waals surface area contributed by atoms with Gasteiger partial charge in [-0.1, -0.05) is 36.4 Å². The molecule has 5 amide bonds. The number of nitrogens with one attached hydrogen (secondary N) is 2. The lowest BCUT2D eigenvalue weighted by Crippen LogP contribution is -2.53. The number of amides is 5. The molecule has 0 aromatic heterocycles. The van der Waals surface area contributed by atoms with Gasteiger partial charge in [0, 0.05) is 0 Å². The molecular weight excluding hydrogens is 465 g/mol. The van der Waals surface area contributed by atoms with Gasteiger partial charge in [-0.2, -0.15) is 13.2 Å². The zero-order valence-electron chi connectivity index (χ0n) is 18.4. The molecular formula is C24H21F3N4O4. The van der Waals surface area contributed by atoms with Gasteiger partial charge in [0.25, 0.3) is 5.91 Å². The normalized spacial score (nSPS) is 24.0. The minimum absolute atomic E-state index is 0.0347. The number of hydrogen-bond acceptors (Lipinski definition) is 4. The largest absolute Gasteiger partial charge is 0.409 e. The van der Waals surface area contributed by atoms with Crippen LogP contribution in [0.3, 0.4) is 0 Å². The van der Waals surface area contributed by atoms with E-state index >= 15 is 0 Å². The van der Waals surface area contributed by atoms with Crippen LogP contribution in [0.15, 0.2) is 48.5 Å². The standard InChI is InChI=1S/C24H21F3N4O4/c25-24(26,27)18-12-19(32)28-16-9-3-4-10-17(16)31(18)20(33)13-30-21(34)23(29-22(30)35)11-5-7-14-6-1-2-8-15(14)23/h1-4,6,8-10,18H,5,7,11-13H2,(H,28,32)(H,29,35)/t18-,23+/m1/s1. The number of carbonyl (C=O) groups excluding carboxylic acids is 4. The van der Waals surface area contributed by atoms with Crippen LogP contribution in [0.5, 0.6) is 0 Å². The number of aryl methyl sites for hydroxylation is 1. The van der Waals surface area contributed by atoms with Gasteiger partial charge >= 0.3 is 12.2 Å². The predicted molar refractivity (Wildman–Crippen MR) is 118 cm³/mol. The molecule has 1 saturated heterocycles. The molecule has 3 aliphatic rings. The van der Waals surface area contributed by atoms with E-state index in [1.165, 1.54) is 24.3 Å².